The smallest absolute Gasteiger partial charge is 0.382 e. The highest BCUT2D eigenvalue weighted by molar-refractivity contribution is 6.34. The van der Waals surface area contributed by atoms with Crippen molar-refractivity contribution >= 4 is 23.3 Å². The van der Waals surface area contributed by atoms with Gasteiger partial charge in [0.25, 0.3) is 5.78 Å². The summed E-state index contributed by atoms with van der Waals surface area (Å²) >= 11 is 0. The van der Waals surface area contributed by atoms with E-state index >= 15 is 0 Å². The second-order valence-corrected chi connectivity index (χ2v) is 13.0. The number of allylic oxidation sites excluding steroid dienone is 2. The first-order valence-electron chi connectivity index (χ1n) is 16.5. The maximum Gasteiger partial charge on any atom is 0.382 e. The zero-order valence-electron chi connectivity index (χ0n) is 25.9. The van der Waals surface area contributed by atoms with Crippen LogP contribution in [0.15, 0.2) is 36.4 Å². The third kappa shape index (κ3) is 9.36. The lowest BCUT2D eigenvalue weighted by atomic mass is 9.65. The fourth-order valence-corrected chi connectivity index (χ4v) is 7.61. The van der Waals surface area contributed by atoms with Crippen LogP contribution in [0, 0.1) is 29.6 Å². The van der Waals surface area contributed by atoms with E-state index < -0.39 is 30.9 Å². The lowest BCUT2D eigenvalue weighted by Crippen LogP contribution is -2.28. The molecule has 1 unspecified atom stereocenters. The number of carbonyl (C=O) groups is 3. The Bertz CT molecular complexity index is 1100. The summed E-state index contributed by atoms with van der Waals surface area (Å²) in [6.07, 6.45) is 21.9. The molecule has 0 bridgehead atoms. The van der Waals surface area contributed by atoms with Crippen LogP contribution in [0.25, 0.3) is 5.57 Å². The molecule has 0 spiro atoms. The van der Waals surface area contributed by atoms with E-state index in [-0.39, 0.29) is 17.1 Å². The van der Waals surface area contributed by atoms with Gasteiger partial charge in [-0.15, -0.1) is 0 Å². The summed E-state index contributed by atoms with van der Waals surface area (Å²) < 4.78 is 10.5. The van der Waals surface area contributed by atoms with Crippen molar-refractivity contribution in [3.63, 3.8) is 0 Å². The summed E-state index contributed by atoms with van der Waals surface area (Å²) in [6.45, 7) is 4.29. The zero-order chi connectivity index (χ0) is 30.8. The second-order valence-electron chi connectivity index (χ2n) is 13.0. The molecule has 2 fully saturated rings. The number of hydrogen-bond acceptors (Lipinski definition) is 7. The molecule has 3 aliphatic rings. The van der Waals surface area contributed by atoms with E-state index in [4.69, 9.17) is 14.6 Å². The average Bonchev–Trinajstić information content (AvgIpc) is 3.04. The Labute approximate surface area is 256 Å². The van der Waals surface area contributed by atoms with Gasteiger partial charge in [-0.05, 0) is 111 Å². The molecular weight excluding hydrogens is 544 g/mol. The van der Waals surface area contributed by atoms with Crippen molar-refractivity contribution < 1.29 is 34.1 Å². The summed E-state index contributed by atoms with van der Waals surface area (Å²) in [5, 5.41) is 18.2. The van der Waals surface area contributed by atoms with Crippen LogP contribution in [-0.4, -0.2) is 41.1 Å². The lowest BCUT2D eigenvalue weighted by Gasteiger charge is -2.40. The van der Waals surface area contributed by atoms with Crippen molar-refractivity contribution in [2.75, 3.05) is 13.2 Å². The number of aliphatic hydroxyl groups excluding tert-OH is 2. The van der Waals surface area contributed by atoms with E-state index in [1.807, 2.05) is 0 Å². The van der Waals surface area contributed by atoms with Crippen LogP contribution in [0.1, 0.15) is 109 Å². The van der Waals surface area contributed by atoms with Crippen LogP contribution in [0.3, 0.4) is 0 Å². The molecular formula is C36H50O7. The summed E-state index contributed by atoms with van der Waals surface area (Å²) in [7, 11) is 0. The van der Waals surface area contributed by atoms with Crippen molar-refractivity contribution in [1.82, 2.24) is 0 Å². The van der Waals surface area contributed by atoms with E-state index in [1.54, 1.807) is 12.1 Å². The van der Waals surface area contributed by atoms with Crippen LogP contribution in [0.4, 0.5) is 0 Å². The maximum atomic E-state index is 12.2. The highest BCUT2D eigenvalue weighted by Crippen LogP contribution is 2.46. The van der Waals surface area contributed by atoms with Gasteiger partial charge in [-0.2, -0.15) is 0 Å². The fraction of sp³-hybridized carbons (Fsp3) is 0.639. The normalized spacial score (nSPS) is 25.8. The van der Waals surface area contributed by atoms with Gasteiger partial charge in [0.1, 0.15) is 18.1 Å². The first-order valence-corrected chi connectivity index (χ1v) is 16.5. The standard InChI is InChI=1S/C36H50O7/c1-3-4-5-6-25-7-9-26(10-8-25)27-11-13-28(14-12-27)29-15-17-30(18-16-29)31-19-32(42-35(40)24(2)22-37)21-33(20-31)43-36(41)34(39)23-38/h17,19-21,25-29,37-38H,2-16,18,22-23H2,1H3. The number of aliphatic hydroxyl groups is 2. The Balaban J connectivity index is 1.33. The molecule has 4 rings (SSSR count). The summed E-state index contributed by atoms with van der Waals surface area (Å²) in [5.41, 5.74) is 1.71. The average molecular weight is 595 g/mol. The van der Waals surface area contributed by atoms with E-state index in [2.05, 4.69) is 19.6 Å². The number of ether oxygens (including phenoxy) is 2. The minimum atomic E-state index is -1.19. The predicted molar refractivity (Wildman–Crippen MR) is 166 cm³/mol. The van der Waals surface area contributed by atoms with E-state index in [0.29, 0.717) is 5.92 Å². The Kier molecular flexibility index (Phi) is 12.6. The Morgan fingerprint density at radius 2 is 1.35 bits per heavy atom. The van der Waals surface area contributed by atoms with Crippen molar-refractivity contribution in [3.8, 4) is 11.5 Å². The molecule has 0 aliphatic heterocycles. The van der Waals surface area contributed by atoms with Crippen LogP contribution in [0.5, 0.6) is 11.5 Å². The number of unbranched alkanes of at least 4 members (excludes halogenated alkanes) is 2. The molecule has 0 aromatic heterocycles. The minimum Gasteiger partial charge on any atom is -0.423 e. The largest absolute Gasteiger partial charge is 0.423 e. The second kappa shape index (κ2) is 16.3. The van der Waals surface area contributed by atoms with Crippen molar-refractivity contribution in [2.24, 2.45) is 29.6 Å². The van der Waals surface area contributed by atoms with Gasteiger partial charge in [0, 0.05) is 6.07 Å². The highest BCUT2D eigenvalue weighted by Gasteiger charge is 2.34. The van der Waals surface area contributed by atoms with Crippen LogP contribution in [0.2, 0.25) is 0 Å². The Hall–Kier alpha value is -2.77. The molecule has 7 heteroatoms. The predicted octanol–water partition coefficient (Wildman–Crippen LogP) is 6.98. The monoisotopic (exact) mass is 594 g/mol. The molecule has 3 aliphatic carbocycles. The van der Waals surface area contributed by atoms with Gasteiger partial charge in [0.15, 0.2) is 0 Å². The maximum absolute atomic E-state index is 12.2. The quantitative estimate of drug-likeness (QED) is 0.0833. The third-order valence-electron chi connectivity index (χ3n) is 10.2. The number of hydrogen-bond donors (Lipinski definition) is 2. The van der Waals surface area contributed by atoms with Gasteiger partial charge in [-0.1, -0.05) is 58.1 Å². The van der Waals surface area contributed by atoms with Gasteiger partial charge in [0.05, 0.1) is 12.2 Å². The van der Waals surface area contributed by atoms with Gasteiger partial charge < -0.3 is 19.7 Å². The van der Waals surface area contributed by atoms with E-state index in [1.165, 1.54) is 83.1 Å². The molecule has 0 radical (unpaired) electrons. The number of esters is 2. The van der Waals surface area contributed by atoms with Crippen LogP contribution in [-0.2, 0) is 14.4 Å². The van der Waals surface area contributed by atoms with Gasteiger partial charge >= 0.3 is 11.9 Å². The molecule has 2 N–H and O–H groups in total. The first kappa shape index (κ1) is 33.1. The third-order valence-corrected chi connectivity index (χ3v) is 10.2. The Morgan fingerprint density at radius 1 is 0.767 bits per heavy atom. The molecule has 0 heterocycles. The molecule has 1 aromatic rings. The minimum absolute atomic E-state index is 0.0399. The number of benzene rings is 1. The molecule has 236 valence electrons. The summed E-state index contributed by atoms with van der Waals surface area (Å²) in [6, 6.07) is 4.68. The van der Waals surface area contributed by atoms with Crippen LogP contribution < -0.4 is 9.47 Å². The number of carbonyl (C=O) groups excluding carboxylic acids is 3. The highest BCUT2D eigenvalue weighted by atomic mass is 16.5. The van der Waals surface area contributed by atoms with E-state index in [0.717, 1.165) is 54.1 Å². The number of ketones is 1. The molecule has 43 heavy (non-hydrogen) atoms. The van der Waals surface area contributed by atoms with Crippen LogP contribution >= 0.6 is 0 Å². The van der Waals surface area contributed by atoms with Crippen molar-refractivity contribution in [2.45, 2.75) is 103 Å². The summed E-state index contributed by atoms with van der Waals surface area (Å²) in [4.78, 5) is 35.8. The molecule has 1 aromatic carbocycles. The van der Waals surface area contributed by atoms with Crippen molar-refractivity contribution in [3.05, 3.63) is 42.0 Å². The van der Waals surface area contributed by atoms with E-state index in [9.17, 15) is 19.5 Å². The van der Waals surface area contributed by atoms with Gasteiger partial charge in [0.2, 0.25) is 0 Å². The molecule has 7 nitrogen and oxygen atoms in total. The molecule has 0 amide bonds. The molecule has 2 saturated carbocycles. The number of rotatable bonds is 13. The fourth-order valence-electron chi connectivity index (χ4n) is 7.61. The first-order chi connectivity index (χ1) is 20.8. The summed E-state index contributed by atoms with van der Waals surface area (Å²) in [5.74, 6) is 1.35. The SMILES string of the molecule is C=C(CO)C(=O)Oc1cc(OC(=O)C(=O)CO)cc(C2=CCC(C3CCC(C4CCC(CCCCC)CC4)CC3)CC2)c1. The number of Topliss-reactive ketones (excluding diaryl/α,β-unsaturated/α-hetero) is 1. The molecule has 1 atom stereocenters. The van der Waals surface area contributed by atoms with Gasteiger partial charge in [-0.3, -0.25) is 4.79 Å². The lowest BCUT2D eigenvalue weighted by molar-refractivity contribution is -0.148. The zero-order valence-corrected chi connectivity index (χ0v) is 25.9. The molecule has 0 saturated heterocycles. The Morgan fingerprint density at radius 3 is 1.88 bits per heavy atom. The van der Waals surface area contributed by atoms with Crippen molar-refractivity contribution in [1.29, 1.82) is 0 Å². The topological polar surface area (TPSA) is 110 Å². The van der Waals surface area contributed by atoms with Gasteiger partial charge in [-0.25, -0.2) is 9.59 Å².